The van der Waals surface area contributed by atoms with E-state index in [0.29, 0.717) is 12.7 Å². The van der Waals surface area contributed by atoms with Crippen LogP contribution in [0.4, 0.5) is 0 Å². The van der Waals surface area contributed by atoms with Crippen LogP contribution in [0.15, 0.2) is 24.3 Å². The molecule has 0 heterocycles. The Hall–Kier alpha value is -1.06. The van der Waals surface area contributed by atoms with E-state index >= 15 is 0 Å². The monoisotopic (exact) mass is 235 g/mol. The first-order chi connectivity index (χ1) is 8.29. The molecule has 94 valence electrons. The molecular formula is C14H21NO2. The zero-order chi connectivity index (χ0) is 12.1. The van der Waals surface area contributed by atoms with Gasteiger partial charge >= 0.3 is 0 Å². The van der Waals surface area contributed by atoms with Crippen molar-refractivity contribution in [3.63, 3.8) is 0 Å². The van der Waals surface area contributed by atoms with Crippen LogP contribution in [0, 0.1) is 0 Å². The summed E-state index contributed by atoms with van der Waals surface area (Å²) in [7, 11) is 0. The first-order valence-electron chi connectivity index (χ1n) is 6.39. The minimum Gasteiger partial charge on any atom is -0.490 e. The molecule has 1 aliphatic carbocycles. The number of benzene rings is 1. The normalized spacial score (nSPS) is 16.8. The lowest BCUT2D eigenvalue weighted by molar-refractivity contribution is 0.121. The summed E-state index contributed by atoms with van der Waals surface area (Å²) in [5, 5.41) is 0. The quantitative estimate of drug-likeness (QED) is 0.739. The minimum absolute atomic E-state index is 0.0449. The smallest absolute Gasteiger partial charge is 0.119 e. The van der Waals surface area contributed by atoms with Gasteiger partial charge in [0, 0.05) is 6.61 Å². The fourth-order valence-electron chi connectivity index (χ4n) is 1.62. The molecule has 0 amide bonds. The second-order valence-corrected chi connectivity index (χ2v) is 4.57. The van der Waals surface area contributed by atoms with E-state index in [9.17, 15) is 0 Å². The Morgan fingerprint density at radius 3 is 2.59 bits per heavy atom. The summed E-state index contributed by atoms with van der Waals surface area (Å²) < 4.78 is 11.1. The topological polar surface area (TPSA) is 44.5 Å². The lowest BCUT2D eigenvalue weighted by Crippen LogP contribution is -2.17. The first-order valence-corrected chi connectivity index (χ1v) is 6.39. The maximum Gasteiger partial charge on any atom is 0.119 e. The maximum atomic E-state index is 6.03. The van der Waals surface area contributed by atoms with Gasteiger partial charge in [0.25, 0.3) is 0 Å². The molecule has 3 nitrogen and oxygen atoms in total. The molecule has 17 heavy (non-hydrogen) atoms. The molecule has 1 aromatic carbocycles. The molecule has 1 aromatic rings. The van der Waals surface area contributed by atoms with Gasteiger partial charge in [-0.15, -0.1) is 0 Å². The predicted molar refractivity (Wildman–Crippen MR) is 68.1 cm³/mol. The number of hydrogen-bond donors (Lipinski definition) is 1. The summed E-state index contributed by atoms with van der Waals surface area (Å²) in [6, 6.07) is 7.99. The van der Waals surface area contributed by atoms with Gasteiger partial charge in [0.05, 0.1) is 18.8 Å². The molecule has 0 aliphatic heterocycles. The van der Waals surface area contributed by atoms with E-state index in [1.54, 1.807) is 0 Å². The van der Waals surface area contributed by atoms with Crippen LogP contribution >= 0.6 is 0 Å². The van der Waals surface area contributed by atoms with Gasteiger partial charge in [-0.05, 0) is 37.0 Å². The summed E-state index contributed by atoms with van der Waals surface area (Å²) in [5.41, 5.74) is 7.13. The first kappa shape index (κ1) is 12.4. The van der Waals surface area contributed by atoms with E-state index in [1.165, 1.54) is 12.8 Å². The van der Waals surface area contributed by atoms with Gasteiger partial charge in [-0.25, -0.2) is 0 Å². The van der Waals surface area contributed by atoms with Crippen molar-refractivity contribution in [2.75, 3.05) is 13.2 Å². The highest BCUT2D eigenvalue weighted by Crippen LogP contribution is 2.27. The Labute approximate surface area is 103 Å². The average Bonchev–Trinajstić information content (AvgIpc) is 3.14. The van der Waals surface area contributed by atoms with Gasteiger partial charge in [-0.2, -0.15) is 0 Å². The van der Waals surface area contributed by atoms with Gasteiger partial charge < -0.3 is 15.2 Å². The molecular weight excluding hydrogens is 214 g/mol. The Morgan fingerprint density at radius 2 is 2.00 bits per heavy atom. The molecule has 3 heteroatoms. The van der Waals surface area contributed by atoms with Gasteiger partial charge in [0.2, 0.25) is 0 Å². The predicted octanol–water partition coefficient (Wildman–Crippen LogP) is 2.65. The van der Waals surface area contributed by atoms with Crippen molar-refractivity contribution in [2.45, 2.75) is 38.3 Å². The van der Waals surface area contributed by atoms with Gasteiger partial charge in [-0.3, -0.25) is 0 Å². The van der Waals surface area contributed by atoms with E-state index in [4.69, 9.17) is 15.2 Å². The number of hydrogen-bond acceptors (Lipinski definition) is 3. The molecule has 0 radical (unpaired) electrons. The molecule has 1 saturated carbocycles. The van der Waals surface area contributed by atoms with E-state index in [2.05, 4.69) is 6.92 Å². The van der Waals surface area contributed by atoms with Gasteiger partial charge in [0.15, 0.2) is 0 Å². The van der Waals surface area contributed by atoms with Crippen LogP contribution in [0.25, 0.3) is 0 Å². The molecule has 0 bridgehead atoms. The minimum atomic E-state index is -0.0449. The lowest BCUT2D eigenvalue weighted by Gasteiger charge is -2.13. The summed E-state index contributed by atoms with van der Waals surface area (Å²) in [6.45, 7) is 3.45. The van der Waals surface area contributed by atoms with Crippen LogP contribution in [0.2, 0.25) is 0 Å². The summed E-state index contributed by atoms with van der Waals surface area (Å²) in [5.74, 6) is 0.943. The SMILES string of the molecule is CCCOCC(N)c1ccc(OC2CC2)cc1. The lowest BCUT2D eigenvalue weighted by atomic mass is 10.1. The van der Waals surface area contributed by atoms with Crippen molar-refractivity contribution in [1.82, 2.24) is 0 Å². The Balaban J connectivity index is 1.82. The Bertz CT molecular complexity index is 333. The van der Waals surface area contributed by atoms with Crippen LogP contribution in [0.3, 0.4) is 0 Å². The van der Waals surface area contributed by atoms with Gasteiger partial charge in [-0.1, -0.05) is 19.1 Å². The van der Waals surface area contributed by atoms with Gasteiger partial charge in [0.1, 0.15) is 5.75 Å². The summed E-state index contributed by atoms with van der Waals surface area (Å²) in [4.78, 5) is 0. The molecule has 0 saturated heterocycles. The molecule has 0 aromatic heterocycles. The van der Waals surface area contributed by atoms with E-state index < -0.39 is 0 Å². The molecule has 0 spiro atoms. The Kier molecular flexibility index (Phi) is 4.40. The fraction of sp³-hybridized carbons (Fsp3) is 0.571. The molecule has 1 unspecified atom stereocenters. The molecule has 2 N–H and O–H groups in total. The second-order valence-electron chi connectivity index (χ2n) is 4.57. The van der Waals surface area contributed by atoms with Crippen molar-refractivity contribution in [2.24, 2.45) is 5.73 Å². The largest absolute Gasteiger partial charge is 0.490 e. The van der Waals surface area contributed by atoms with E-state index in [0.717, 1.165) is 24.3 Å². The van der Waals surface area contributed by atoms with Crippen LogP contribution in [0.5, 0.6) is 5.75 Å². The van der Waals surface area contributed by atoms with Crippen LogP contribution in [-0.2, 0) is 4.74 Å². The van der Waals surface area contributed by atoms with Crippen molar-refractivity contribution in [3.8, 4) is 5.75 Å². The van der Waals surface area contributed by atoms with Crippen LogP contribution < -0.4 is 10.5 Å². The zero-order valence-electron chi connectivity index (χ0n) is 10.4. The van der Waals surface area contributed by atoms with Crippen LogP contribution in [-0.4, -0.2) is 19.3 Å². The number of nitrogens with two attached hydrogens (primary N) is 1. The molecule has 1 fully saturated rings. The summed E-state index contributed by atoms with van der Waals surface area (Å²) >= 11 is 0. The summed E-state index contributed by atoms with van der Waals surface area (Å²) in [6.07, 6.45) is 3.85. The third-order valence-electron chi connectivity index (χ3n) is 2.78. The van der Waals surface area contributed by atoms with E-state index in [-0.39, 0.29) is 6.04 Å². The highest BCUT2D eigenvalue weighted by Gasteiger charge is 2.23. The standard InChI is InChI=1S/C14H21NO2/c1-2-9-16-10-14(15)11-3-5-12(6-4-11)17-13-7-8-13/h3-6,13-14H,2,7-10,15H2,1H3. The second kappa shape index (κ2) is 6.03. The van der Waals surface area contributed by atoms with Crippen molar-refractivity contribution in [1.29, 1.82) is 0 Å². The highest BCUT2D eigenvalue weighted by atomic mass is 16.5. The maximum absolute atomic E-state index is 6.03. The fourth-order valence-corrected chi connectivity index (χ4v) is 1.62. The Morgan fingerprint density at radius 1 is 1.29 bits per heavy atom. The average molecular weight is 235 g/mol. The number of ether oxygens (including phenoxy) is 2. The third kappa shape index (κ3) is 4.02. The molecule has 1 aliphatic rings. The van der Waals surface area contributed by atoms with Crippen LogP contribution in [0.1, 0.15) is 37.8 Å². The molecule has 2 rings (SSSR count). The van der Waals surface area contributed by atoms with E-state index in [1.807, 2.05) is 24.3 Å². The van der Waals surface area contributed by atoms with Crippen molar-refractivity contribution >= 4 is 0 Å². The third-order valence-corrected chi connectivity index (χ3v) is 2.78. The number of rotatable bonds is 7. The van der Waals surface area contributed by atoms with Crippen molar-refractivity contribution < 1.29 is 9.47 Å². The molecule has 1 atom stereocenters. The van der Waals surface area contributed by atoms with Crippen molar-refractivity contribution in [3.05, 3.63) is 29.8 Å². The highest BCUT2D eigenvalue weighted by molar-refractivity contribution is 5.29. The zero-order valence-corrected chi connectivity index (χ0v) is 10.4.